The number of hydrogen-bond donors (Lipinski definition) is 0. The first kappa shape index (κ1) is 15.4. The van der Waals surface area contributed by atoms with Crippen molar-refractivity contribution < 1.29 is 4.52 Å². The Morgan fingerprint density at radius 1 is 1.13 bits per heavy atom. The van der Waals surface area contributed by atoms with Gasteiger partial charge in [0.15, 0.2) is 5.82 Å². The molecule has 0 saturated carbocycles. The maximum absolute atomic E-state index is 5.34. The van der Waals surface area contributed by atoms with Gasteiger partial charge in [-0.1, -0.05) is 35.5 Å². The van der Waals surface area contributed by atoms with Gasteiger partial charge in [0.1, 0.15) is 5.82 Å². The second kappa shape index (κ2) is 7.19. The maximum atomic E-state index is 5.34. The fourth-order valence-corrected chi connectivity index (χ4v) is 2.43. The smallest absolute Gasteiger partial charge is 0.240 e. The monoisotopic (exact) mass is 311 g/mol. The quantitative estimate of drug-likeness (QED) is 0.669. The zero-order chi connectivity index (χ0) is 16.1. The van der Waals surface area contributed by atoms with Gasteiger partial charge in [0.05, 0.1) is 13.1 Å². The van der Waals surface area contributed by atoms with Gasteiger partial charge >= 0.3 is 0 Å². The van der Waals surface area contributed by atoms with Crippen molar-refractivity contribution in [2.24, 2.45) is 7.05 Å². The van der Waals surface area contributed by atoms with Crippen molar-refractivity contribution in [2.75, 3.05) is 7.05 Å². The Kier molecular flexibility index (Phi) is 4.83. The van der Waals surface area contributed by atoms with Crippen LogP contribution in [0.15, 0.2) is 47.2 Å². The van der Waals surface area contributed by atoms with Gasteiger partial charge in [0.25, 0.3) is 0 Å². The molecule has 0 radical (unpaired) electrons. The van der Waals surface area contributed by atoms with E-state index in [1.54, 1.807) is 6.20 Å². The summed E-state index contributed by atoms with van der Waals surface area (Å²) in [5.74, 6) is 2.41. The molecule has 2 heterocycles. The lowest BCUT2D eigenvalue weighted by atomic mass is 10.1. The third-order valence-electron chi connectivity index (χ3n) is 3.73. The first-order valence-electron chi connectivity index (χ1n) is 7.71. The largest absolute Gasteiger partial charge is 0.338 e. The van der Waals surface area contributed by atoms with Crippen LogP contribution in [0.1, 0.15) is 23.1 Å². The number of hydrogen-bond acceptors (Lipinski definition) is 5. The summed E-state index contributed by atoms with van der Waals surface area (Å²) in [6.45, 7) is 1.36. The van der Waals surface area contributed by atoms with E-state index >= 15 is 0 Å². The molecule has 1 aromatic carbocycles. The van der Waals surface area contributed by atoms with Crippen LogP contribution < -0.4 is 0 Å². The van der Waals surface area contributed by atoms with Crippen LogP contribution in [0, 0.1) is 0 Å². The van der Waals surface area contributed by atoms with E-state index in [0.29, 0.717) is 12.4 Å². The molecule has 3 rings (SSSR count). The molecule has 120 valence electrons. The lowest BCUT2D eigenvalue weighted by molar-refractivity contribution is 0.253. The van der Waals surface area contributed by atoms with Gasteiger partial charge in [-0.3, -0.25) is 4.90 Å². The first-order chi connectivity index (χ1) is 11.2. The fraction of sp³-hybridized carbons (Fsp3) is 0.353. The van der Waals surface area contributed by atoms with E-state index < -0.39 is 0 Å². The molecule has 0 atom stereocenters. The molecule has 3 aromatic rings. The lowest BCUT2D eigenvalue weighted by Crippen LogP contribution is -2.19. The molecule has 0 aliphatic heterocycles. The molecule has 23 heavy (non-hydrogen) atoms. The zero-order valence-corrected chi connectivity index (χ0v) is 13.5. The summed E-state index contributed by atoms with van der Waals surface area (Å²) in [5, 5.41) is 4.07. The molecule has 0 unspecified atom stereocenters. The zero-order valence-electron chi connectivity index (χ0n) is 13.5. The van der Waals surface area contributed by atoms with Crippen LogP contribution in [0.3, 0.4) is 0 Å². The summed E-state index contributed by atoms with van der Waals surface area (Å²) < 4.78 is 7.35. The van der Waals surface area contributed by atoms with Crippen LogP contribution in [0.2, 0.25) is 0 Å². The van der Waals surface area contributed by atoms with Crippen molar-refractivity contribution >= 4 is 0 Å². The highest BCUT2D eigenvalue weighted by Crippen LogP contribution is 2.08. The van der Waals surface area contributed by atoms with Crippen LogP contribution in [0.25, 0.3) is 0 Å². The van der Waals surface area contributed by atoms with Crippen molar-refractivity contribution in [1.82, 2.24) is 24.6 Å². The number of nitrogens with zero attached hydrogens (tertiary/aromatic N) is 5. The van der Waals surface area contributed by atoms with E-state index in [4.69, 9.17) is 4.52 Å². The Balaban J connectivity index is 1.51. The molecule has 0 N–H and O–H groups in total. The predicted molar refractivity (Wildman–Crippen MR) is 86.5 cm³/mol. The Morgan fingerprint density at radius 3 is 2.70 bits per heavy atom. The van der Waals surface area contributed by atoms with Gasteiger partial charge in [-0.05, 0) is 19.0 Å². The highest BCUT2D eigenvalue weighted by atomic mass is 16.5. The Hall–Kier alpha value is -2.47. The normalized spacial score (nSPS) is 11.3. The summed E-state index contributed by atoms with van der Waals surface area (Å²) in [6.07, 6.45) is 5.45. The maximum Gasteiger partial charge on any atom is 0.240 e. The molecule has 0 amide bonds. The number of imidazole rings is 1. The summed E-state index contributed by atoms with van der Waals surface area (Å²) in [6, 6.07) is 10.3. The fourth-order valence-electron chi connectivity index (χ4n) is 2.43. The summed E-state index contributed by atoms with van der Waals surface area (Å²) in [4.78, 5) is 10.9. The molecular weight excluding hydrogens is 290 g/mol. The van der Waals surface area contributed by atoms with E-state index in [9.17, 15) is 0 Å². The SMILES string of the molecule is CN(Cc1nc(CCc2ccccc2)no1)Cc1nccn1C. The van der Waals surface area contributed by atoms with Gasteiger partial charge in [-0.25, -0.2) is 4.98 Å². The van der Waals surface area contributed by atoms with Crippen LogP contribution in [0.4, 0.5) is 0 Å². The molecule has 6 nitrogen and oxygen atoms in total. The van der Waals surface area contributed by atoms with E-state index in [0.717, 1.165) is 31.0 Å². The number of aromatic nitrogens is 4. The average Bonchev–Trinajstić information content (AvgIpc) is 3.16. The minimum Gasteiger partial charge on any atom is -0.338 e. The molecular formula is C17H21N5O. The van der Waals surface area contributed by atoms with Gasteiger partial charge in [0, 0.05) is 25.9 Å². The van der Waals surface area contributed by atoms with Crippen molar-refractivity contribution in [3.8, 4) is 0 Å². The third-order valence-corrected chi connectivity index (χ3v) is 3.73. The molecule has 0 spiro atoms. The van der Waals surface area contributed by atoms with Crippen LogP contribution in [-0.4, -0.2) is 31.6 Å². The first-order valence-corrected chi connectivity index (χ1v) is 7.71. The molecule has 0 aliphatic carbocycles. The Bertz CT molecular complexity index is 734. The lowest BCUT2D eigenvalue weighted by Gasteiger charge is -2.13. The number of aryl methyl sites for hydroxylation is 3. The topological polar surface area (TPSA) is 60.0 Å². The molecule has 6 heteroatoms. The molecule has 0 saturated heterocycles. The van der Waals surface area contributed by atoms with Crippen molar-refractivity contribution in [2.45, 2.75) is 25.9 Å². The van der Waals surface area contributed by atoms with Gasteiger partial charge < -0.3 is 9.09 Å². The van der Waals surface area contributed by atoms with Crippen LogP contribution in [0.5, 0.6) is 0 Å². The number of benzene rings is 1. The molecule has 2 aromatic heterocycles. The minimum atomic E-state index is 0.616. The van der Waals surface area contributed by atoms with Gasteiger partial charge in [-0.2, -0.15) is 4.98 Å². The Morgan fingerprint density at radius 2 is 1.96 bits per heavy atom. The minimum absolute atomic E-state index is 0.616. The van der Waals surface area contributed by atoms with Crippen molar-refractivity contribution in [3.05, 3.63) is 65.8 Å². The summed E-state index contributed by atoms with van der Waals surface area (Å²) >= 11 is 0. The highest BCUT2D eigenvalue weighted by molar-refractivity contribution is 5.15. The highest BCUT2D eigenvalue weighted by Gasteiger charge is 2.11. The second-order valence-corrected chi connectivity index (χ2v) is 5.72. The average molecular weight is 311 g/mol. The van der Waals surface area contributed by atoms with Crippen molar-refractivity contribution in [1.29, 1.82) is 0 Å². The molecule has 0 aliphatic rings. The van der Waals surface area contributed by atoms with Gasteiger partial charge in [-0.15, -0.1) is 0 Å². The predicted octanol–water partition coefficient (Wildman–Crippen LogP) is 2.22. The summed E-state index contributed by atoms with van der Waals surface area (Å²) in [5.41, 5.74) is 1.28. The van der Waals surface area contributed by atoms with Crippen LogP contribution in [-0.2, 0) is 33.0 Å². The molecule has 0 bridgehead atoms. The summed E-state index contributed by atoms with van der Waals surface area (Å²) in [7, 11) is 4.01. The van der Waals surface area contributed by atoms with E-state index in [2.05, 4.69) is 32.2 Å². The number of rotatable bonds is 7. The third kappa shape index (κ3) is 4.26. The van der Waals surface area contributed by atoms with Crippen molar-refractivity contribution in [3.63, 3.8) is 0 Å². The van der Waals surface area contributed by atoms with E-state index in [1.807, 2.05) is 43.1 Å². The van der Waals surface area contributed by atoms with E-state index in [-0.39, 0.29) is 0 Å². The van der Waals surface area contributed by atoms with E-state index in [1.165, 1.54) is 5.56 Å². The second-order valence-electron chi connectivity index (χ2n) is 5.72. The molecule has 0 fully saturated rings. The van der Waals surface area contributed by atoms with Gasteiger partial charge in [0.2, 0.25) is 5.89 Å². The Labute approximate surface area is 135 Å². The van der Waals surface area contributed by atoms with Crippen LogP contribution >= 0.6 is 0 Å². The standard InChI is InChI=1S/C17H21N5O/c1-21(12-16-18-10-11-22(16)2)13-17-19-15(20-23-17)9-8-14-6-4-3-5-7-14/h3-7,10-11H,8-9,12-13H2,1-2H3.